The lowest BCUT2D eigenvalue weighted by Gasteiger charge is -2.16. The summed E-state index contributed by atoms with van der Waals surface area (Å²) < 4.78 is 10.6. The van der Waals surface area contributed by atoms with Crippen LogP contribution in [0, 0.1) is 0 Å². The number of carbonyl (C=O) groups is 1. The van der Waals surface area contributed by atoms with Crippen LogP contribution in [0.4, 0.5) is 5.82 Å². The lowest BCUT2D eigenvalue weighted by Crippen LogP contribution is -2.20. The van der Waals surface area contributed by atoms with Gasteiger partial charge >= 0.3 is 0 Å². The second-order valence-electron chi connectivity index (χ2n) is 9.03. The predicted molar refractivity (Wildman–Crippen MR) is 147 cm³/mol. The molecule has 0 atom stereocenters. The molecule has 1 aromatic heterocycles. The van der Waals surface area contributed by atoms with E-state index >= 15 is 0 Å². The van der Waals surface area contributed by atoms with Crippen molar-refractivity contribution in [2.24, 2.45) is 5.73 Å². The molecule has 36 heavy (non-hydrogen) atoms. The Hall–Kier alpha value is -3.32. The number of nitrogens with zero attached hydrogens (tertiary/aromatic N) is 3. The number of fused-ring (bicyclic) bond motifs is 1. The van der Waals surface area contributed by atoms with E-state index in [0.29, 0.717) is 0 Å². The molecule has 0 saturated carbocycles. The molecule has 2 N–H and O–H groups in total. The fraction of sp³-hybridized carbons (Fsp3) is 0.448. The lowest BCUT2D eigenvalue weighted by molar-refractivity contribution is -0.106. The molecule has 2 saturated heterocycles. The van der Waals surface area contributed by atoms with Gasteiger partial charge < -0.3 is 25.0 Å². The first-order valence-corrected chi connectivity index (χ1v) is 12.9. The largest absolute Gasteiger partial charge is 0.493 e. The second-order valence-corrected chi connectivity index (χ2v) is 9.03. The maximum absolute atomic E-state index is 8.58. The highest BCUT2D eigenvalue weighted by molar-refractivity contribution is 5.80. The van der Waals surface area contributed by atoms with Crippen LogP contribution in [0.5, 0.6) is 11.5 Å². The standard InChI is InChI=1S/C15H23NO2.C13H14N2.CH3NO/c1-17-14-8-7-13(12-15(14)18-2)6-5-11-16-9-3-4-10-16;1-2-6-12-11(5-1)7-8-13(14-12)15-9-3-4-10-15;2-1-3/h7-8,12H,3-6,9-11H2,1-2H3;1-2,5-8H,3-4,9-10H2;1H,(H2,2,3). The third-order valence-corrected chi connectivity index (χ3v) is 6.60. The van der Waals surface area contributed by atoms with Gasteiger partial charge in [0.2, 0.25) is 6.41 Å². The van der Waals surface area contributed by atoms with Gasteiger partial charge in [-0.3, -0.25) is 4.79 Å². The molecule has 2 aromatic carbocycles. The summed E-state index contributed by atoms with van der Waals surface area (Å²) in [5.74, 6) is 2.77. The topological polar surface area (TPSA) is 80.9 Å². The van der Waals surface area contributed by atoms with Crippen LogP contribution in [-0.4, -0.2) is 63.2 Å². The molecule has 2 aliphatic rings. The van der Waals surface area contributed by atoms with E-state index in [1.165, 1.54) is 62.7 Å². The number of aryl methyl sites for hydroxylation is 1. The first kappa shape index (κ1) is 27.3. The zero-order valence-corrected chi connectivity index (χ0v) is 21.7. The molecule has 3 aromatic rings. The Morgan fingerprint density at radius 3 is 2.25 bits per heavy atom. The van der Waals surface area contributed by atoms with Gasteiger partial charge in [-0.2, -0.15) is 0 Å². The third-order valence-electron chi connectivity index (χ3n) is 6.60. The zero-order valence-electron chi connectivity index (χ0n) is 21.7. The van der Waals surface area contributed by atoms with E-state index in [2.05, 4.69) is 63.0 Å². The maximum Gasteiger partial charge on any atom is 0.204 e. The van der Waals surface area contributed by atoms with Crippen molar-refractivity contribution in [1.29, 1.82) is 0 Å². The highest BCUT2D eigenvalue weighted by Crippen LogP contribution is 2.28. The van der Waals surface area contributed by atoms with Crippen molar-refractivity contribution in [2.45, 2.75) is 38.5 Å². The molecule has 7 heteroatoms. The smallest absolute Gasteiger partial charge is 0.204 e. The number of ether oxygens (including phenoxy) is 2. The van der Waals surface area contributed by atoms with Crippen LogP contribution in [0.3, 0.4) is 0 Å². The first-order valence-electron chi connectivity index (χ1n) is 12.9. The summed E-state index contributed by atoms with van der Waals surface area (Å²) >= 11 is 0. The van der Waals surface area contributed by atoms with Crippen molar-refractivity contribution >= 4 is 23.1 Å². The van der Waals surface area contributed by atoms with E-state index in [9.17, 15) is 0 Å². The van der Waals surface area contributed by atoms with Crippen LogP contribution in [0.2, 0.25) is 0 Å². The summed E-state index contributed by atoms with van der Waals surface area (Å²) in [7, 11) is 3.36. The number of hydrogen-bond donors (Lipinski definition) is 1. The molecule has 1 amide bonds. The van der Waals surface area contributed by atoms with Crippen molar-refractivity contribution < 1.29 is 14.3 Å². The molecule has 7 nitrogen and oxygen atoms in total. The summed E-state index contributed by atoms with van der Waals surface area (Å²) in [5.41, 5.74) is 6.59. The Labute approximate surface area is 215 Å². The number of likely N-dealkylation sites (tertiary alicyclic amines) is 1. The van der Waals surface area contributed by atoms with Crippen LogP contribution in [-0.2, 0) is 11.2 Å². The fourth-order valence-corrected chi connectivity index (χ4v) is 4.73. The Balaban J connectivity index is 0.000000183. The van der Waals surface area contributed by atoms with Gasteiger partial charge in [0.05, 0.1) is 19.7 Å². The summed E-state index contributed by atoms with van der Waals surface area (Å²) in [5, 5.41) is 1.22. The monoisotopic (exact) mass is 492 g/mol. The van der Waals surface area contributed by atoms with Crippen LogP contribution in [0.15, 0.2) is 54.6 Å². The van der Waals surface area contributed by atoms with Gasteiger partial charge in [-0.05, 0) is 94.1 Å². The number of hydrogen-bond acceptors (Lipinski definition) is 6. The number of nitrogens with two attached hydrogens (primary N) is 1. The van der Waals surface area contributed by atoms with Gasteiger partial charge in [-0.1, -0.05) is 24.3 Å². The van der Waals surface area contributed by atoms with Crippen molar-refractivity contribution in [2.75, 3.05) is 51.8 Å². The highest BCUT2D eigenvalue weighted by atomic mass is 16.5. The highest BCUT2D eigenvalue weighted by Gasteiger charge is 2.13. The molecule has 0 aliphatic carbocycles. The van der Waals surface area contributed by atoms with Crippen molar-refractivity contribution in [3.05, 3.63) is 60.2 Å². The van der Waals surface area contributed by atoms with Crippen LogP contribution in [0.25, 0.3) is 10.9 Å². The number of primary amides is 1. The second kappa shape index (κ2) is 14.9. The number of benzene rings is 2. The van der Waals surface area contributed by atoms with E-state index in [0.717, 1.165) is 42.3 Å². The molecule has 0 unspecified atom stereocenters. The van der Waals surface area contributed by atoms with Crippen molar-refractivity contribution in [3.63, 3.8) is 0 Å². The third kappa shape index (κ3) is 8.12. The van der Waals surface area contributed by atoms with E-state index in [1.54, 1.807) is 14.2 Å². The fourth-order valence-electron chi connectivity index (χ4n) is 4.73. The normalized spacial score (nSPS) is 15.0. The van der Waals surface area contributed by atoms with Gasteiger partial charge in [-0.15, -0.1) is 0 Å². The van der Waals surface area contributed by atoms with Crippen LogP contribution >= 0.6 is 0 Å². The van der Waals surface area contributed by atoms with Crippen LogP contribution in [0.1, 0.15) is 37.7 Å². The maximum atomic E-state index is 8.58. The number of methoxy groups -OCH3 is 2. The minimum atomic E-state index is 0.250. The average molecular weight is 493 g/mol. The minimum absolute atomic E-state index is 0.250. The molecule has 0 radical (unpaired) electrons. The molecule has 2 aliphatic heterocycles. The SMILES string of the molecule is COc1ccc(CCCN2CCCC2)cc1OC.NC=O.c1ccc2nc(N3CCCC3)ccc2c1. The predicted octanol–water partition coefficient (Wildman–Crippen LogP) is 4.67. The summed E-state index contributed by atoms with van der Waals surface area (Å²) in [6, 6.07) is 18.8. The summed E-state index contributed by atoms with van der Waals surface area (Å²) in [4.78, 5) is 18.2. The Bertz CT molecular complexity index is 1060. The quantitative estimate of drug-likeness (QED) is 0.483. The van der Waals surface area contributed by atoms with Gasteiger partial charge in [0.1, 0.15) is 5.82 Å². The number of carbonyl (C=O) groups excluding carboxylic acids is 1. The molecule has 5 rings (SSSR count). The average Bonchev–Trinajstić information content (AvgIpc) is 3.64. The molecule has 3 heterocycles. The molecule has 2 fully saturated rings. The summed E-state index contributed by atoms with van der Waals surface area (Å²) in [6.07, 6.45) is 7.92. The number of pyridine rings is 1. The molecular weight excluding hydrogens is 452 g/mol. The minimum Gasteiger partial charge on any atom is -0.493 e. The van der Waals surface area contributed by atoms with Crippen molar-refractivity contribution in [1.82, 2.24) is 9.88 Å². The Morgan fingerprint density at radius 1 is 0.889 bits per heavy atom. The van der Waals surface area contributed by atoms with E-state index in [1.807, 2.05) is 12.1 Å². The molecule has 0 spiro atoms. The van der Waals surface area contributed by atoms with E-state index in [4.69, 9.17) is 14.3 Å². The lowest BCUT2D eigenvalue weighted by atomic mass is 10.1. The molecular formula is C29H40N4O3. The Kier molecular flexibility index (Phi) is 11.3. The number of rotatable bonds is 7. The summed E-state index contributed by atoms with van der Waals surface area (Å²) in [6.45, 7) is 6.10. The Morgan fingerprint density at radius 2 is 1.56 bits per heavy atom. The first-order chi connectivity index (χ1) is 17.7. The molecule has 0 bridgehead atoms. The van der Waals surface area contributed by atoms with E-state index < -0.39 is 0 Å². The number of aromatic nitrogens is 1. The van der Waals surface area contributed by atoms with Gasteiger partial charge in [0, 0.05) is 18.5 Å². The van der Waals surface area contributed by atoms with Crippen LogP contribution < -0.4 is 20.1 Å². The molecule has 194 valence electrons. The van der Waals surface area contributed by atoms with E-state index in [-0.39, 0.29) is 6.41 Å². The van der Waals surface area contributed by atoms with Gasteiger partial charge in [-0.25, -0.2) is 4.98 Å². The van der Waals surface area contributed by atoms with Gasteiger partial charge in [0.25, 0.3) is 0 Å². The number of para-hydroxylation sites is 1. The van der Waals surface area contributed by atoms with Gasteiger partial charge in [0.15, 0.2) is 11.5 Å². The van der Waals surface area contributed by atoms with Crippen molar-refractivity contribution in [3.8, 4) is 11.5 Å². The number of anilines is 1. The zero-order chi connectivity index (χ0) is 25.6. The number of amides is 1.